The molecule has 1 aromatic heterocycles. The Bertz CT molecular complexity index is 922. The first kappa shape index (κ1) is 20.0. The van der Waals surface area contributed by atoms with E-state index in [0.717, 1.165) is 29.0 Å². The lowest BCUT2D eigenvalue weighted by atomic mass is 10.1. The third-order valence-electron chi connectivity index (χ3n) is 4.46. The van der Waals surface area contributed by atoms with Crippen molar-refractivity contribution in [1.82, 2.24) is 4.98 Å². The van der Waals surface area contributed by atoms with Gasteiger partial charge >= 0.3 is 0 Å². The van der Waals surface area contributed by atoms with Gasteiger partial charge in [0.15, 0.2) is 5.13 Å². The topological polar surface area (TPSA) is 51.7 Å². The number of amides is 1. The second-order valence-electron chi connectivity index (χ2n) is 6.36. The van der Waals surface area contributed by atoms with E-state index in [2.05, 4.69) is 0 Å². The van der Waals surface area contributed by atoms with Gasteiger partial charge in [-0.15, -0.1) is 11.3 Å². The Kier molecular flexibility index (Phi) is 6.79. The summed E-state index contributed by atoms with van der Waals surface area (Å²) in [5.74, 6) is 0.764. The first-order valence-electron chi connectivity index (χ1n) is 9.10. The number of carbonyl (C=O) groups excluding carboxylic acids is 1. The van der Waals surface area contributed by atoms with E-state index in [1.807, 2.05) is 60.8 Å². The zero-order valence-electron chi connectivity index (χ0n) is 16.3. The summed E-state index contributed by atoms with van der Waals surface area (Å²) in [7, 11) is 3.31. The highest BCUT2D eigenvalue weighted by Gasteiger charge is 2.22. The number of carbonyl (C=O) groups is 1. The van der Waals surface area contributed by atoms with Crippen LogP contribution in [0.4, 0.5) is 5.13 Å². The molecule has 0 spiro atoms. The van der Waals surface area contributed by atoms with Gasteiger partial charge in [-0.3, -0.25) is 9.69 Å². The van der Waals surface area contributed by atoms with Gasteiger partial charge in [-0.1, -0.05) is 18.2 Å². The van der Waals surface area contributed by atoms with Crippen molar-refractivity contribution in [3.8, 4) is 17.0 Å². The maximum atomic E-state index is 13.2. The van der Waals surface area contributed by atoms with Crippen molar-refractivity contribution in [1.29, 1.82) is 0 Å². The molecule has 3 aromatic rings. The van der Waals surface area contributed by atoms with Gasteiger partial charge in [0, 0.05) is 36.8 Å². The van der Waals surface area contributed by atoms with Crippen LogP contribution in [-0.2, 0) is 4.74 Å². The molecular formula is C22H24N2O3S. The highest BCUT2D eigenvalue weighted by atomic mass is 32.1. The molecule has 0 unspecified atom stereocenters. The van der Waals surface area contributed by atoms with Crippen molar-refractivity contribution >= 4 is 22.4 Å². The van der Waals surface area contributed by atoms with E-state index in [9.17, 15) is 4.79 Å². The molecule has 28 heavy (non-hydrogen) atoms. The molecule has 5 nitrogen and oxygen atoms in total. The van der Waals surface area contributed by atoms with Gasteiger partial charge in [0.05, 0.1) is 12.8 Å². The fourth-order valence-electron chi connectivity index (χ4n) is 2.89. The molecule has 0 bridgehead atoms. The standard InChI is InChI=1S/C22H24N2O3S/c1-16-7-4-5-8-19(16)21(25)24(13-6-14-26-2)22-23-20(15-28-22)17-9-11-18(27-3)12-10-17/h4-5,7-12,15H,6,13-14H2,1-3H3. The van der Waals surface area contributed by atoms with Gasteiger partial charge in [0.1, 0.15) is 5.75 Å². The molecule has 0 aliphatic heterocycles. The van der Waals surface area contributed by atoms with Gasteiger partial charge < -0.3 is 9.47 Å². The average Bonchev–Trinajstić information content (AvgIpc) is 3.21. The van der Waals surface area contributed by atoms with Crippen molar-refractivity contribution < 1.29 is 14.3 Å². The quantitative estimate of drug-likeness (QED) is 0.513. The normalized spacial score (nSPS) is 10.7. The highest BCUT2D eigenvalue weighted by molar-refractivity contribution is 7.14. The van der Waals surface area contributed by atoms with Crippen LogP contribution in [0.5, 0.6) is 5.75 Å². The monoisotopic (exact) mass is 396 g/mol. The first-order valence-corrected chi connectivity index (χ1v) is 9.98. The molecule has 1 heterocycles. The van der Waals surface area contributed by atoms with Crippen molar-refractivity contribution in [3.63, 3.8) is 0 Å². The van der Waals surface area contributed by atoms with Crippen LogP contribution < -0.4 is 9.64 Å². The summed E-state index contributed by atoms with van der Waals surface area (Å²) < 4.78 is 10.4. The van der Waals surface area contributed by atoms with Crippen LogP contribution in [0.1, 0.15) is 22.3 Å². The summed E-state index contributed by atoms with van der Waals surface area (Å²) in [6.45, 7) is 3.09. The Balaban J connectivity index is 1.89. The summed E-state index contributed by atoms with van der Waals surface area (Å²) in [5, 5.41) is 2.67. The number of rotatable bonds is 8. The lowest BCUT2D eigenvalue weighted by Gasteiger charge is -2.20. The SMILES string of the molecule is COCCCN(C(=O)c1ccccc1C)c1nc(-c2ccc(OC)cc2)cs1. The van der Waals surface area contributed by atoms with Crippen molar-refractivity contribution in [2.45, 2.75) is 13.3 Å². The van der Waals surface area contributed by atoms with Gasteiger partial charge in [-0.25, -0.2) is 4.98 Å². The number of thiazole rings is 1. The molecule has 0 saturated carbocycles. The number of nitrogens with zero attached hydrogens (tertiary/aromatic N) is 2. The Labute approximate surface area is 169 Å². The van der Waals surface area contributed by atoms with E-state index < -0.39 is 0 Å². The number of benzene rings is 2. The van der Waals surface area contributed by atoms with Gasteiger partial charge in [0.2, 0.25) is 0 Å². The van der Waals surface area contributed by atoms with E-state index in [1.165, 1.54) is 11.3 Å². The van der Waals surface area contributed by atoms with E-state index in [0.29, 0.717) is 23.8 Å². The van der Waals surface area contributed by atoms with Crippen LogP contribution in [0.2, 0.25) is 0 Å². The minimum atomic E-state index is -0.0372. The smallest absolute Gasteiger partial charge is 0.260 e. The largest absolute Gasteiger partial charge is 0.497 e. The van der Waals surface area contributed by atoms with Crippen molar-refractivity contribution in [2.75, 3.05) is 32.3 Å². The van der Waals surface area contributed by atoms with Gasteiger partial charge in [-0.2, -0.15) is 0 Å². The fourth-order valence-corrected chi connectivity index (χ4v) is 3.75. The van der Waals surface area contributed by atoms with Crippen LogP contribution in [0, 0.1) is 6.92 Å². The van der Waals surface area contributed by atoms with E-state index in [1.54, 1.807) is 19.1 Å². The van der Waals surface area contributed by atoms with Crippen molar-refractivity contribution in [2.24, 2.45) is 0 Å². The Morgan fingerprint density at radius 1 is 1.11 bits per heavy atom. The summed E-state index contributed by atoms with van der Waals surface area (Å²) in [4.78, 5) is 19.7. The number of ether oxygens (including phenoxy) is 2. The van der Waals surface area contributed by atoms with Gasteiger partial charge in [-0.05, 0) is 49.2 Å². The Morgan fingerprint density at radius 2 is 1.86 bits per heavy atom. The number of hydrogen-bond acceptors (Lipinski definition) is 5. The molecule has 0 radical (unpaired) electrons. The van der Waals surface area contributed by atoms with Crippen LogP contribution in [0.25, 0.3) is 11.3 Å². The second-order valence-corrected chi connectivity index (χ2v) is 7.20. The molecule has 1 amide bonds. The molecule has 0 aliphatic carbocycles. The molecular weight excluding hydrogens is 372 g/mol. The van der Waals surface area contributed by atoms with Crippen LogP contribution in [-0.4, -0.2) is 38.3 Å². The molecule has 2 aromatic carbocycles. The number of anilines is 1. The zero-order valence-corrected chi connectivity index (χ0v) is 17.2. The summed E-state index contributed by atoms with van der Waals surface area (Å²) in [6, 6.07) is 15.4. The summed E-state index contributed by atoms with van der Waals surface area (Å²) in [5.41, 5.74) is 3.48. The predicted octanol–water partition coefficient (Wildman–Crippen LogP) is 4.81. The van der Waals surface area contributed by atoms with Crippen LogP contribution in [0.3, 0.4) is 0 Å². The number of hydrogen-bond donors (Lipinski definition) is 0. The Hall–Kier alpha value is -2.70. The van der Waals surface area contributed by atoms with Crippen molar-refractivity contribution in [3.05, 3.63) is 65.0 Å². The lowest BCUT2D eigenvalue weighted by Crippen LogP contribution is -2.33. The number of aromatic nitrogens is 1. The molecule has 0 atom stereocenters. The molecule has 0 N–H and O–H groups in total. The molecule has 146 valence electrons. The Morgan fingerprint density at radius 3 is 2.54 bits per heavy atom. The van der Waals surface area contributed by atoms with E-state index in [-0.39, 0.29) is 5.91 Å². The fraction of sp³-hybridized carbons (Fsp3) is 0.273. The first-order chi connectivity index (χ1) is 13.6. The average molecular weight is 397 g/mol. The minimum Gasteiger partial charge on any atom is -0.497 e. The molecule has 0 fully saturated rings. The van der Waals surface area contributed by atoms with Gasteiger partial charge in [0.25, 0.3) is 5.91 Å². The summed E-state index contributed by atoms with van der Waals surface area (Å²) >= 11 is 1.47. The maximum absolute atomic E-state index is 13.2. The molecule has 0 aliphatic rings. The summed E-state index contributed by atoms with van der Waals surface area (Å²) in [6.07, 6.45) is 0.742. The lowest BCUT2D eigenvalue weighted by molar-refractivity contribution is 0.0983. The van der Waals surface area contributed by atoms with E-state index in [4.69, 9.17) is 14.5 Å². The number of aryl methyl sites for hydroxylation is 1. The highest BCUT2D eigenvalue weighted by Crippen LogP contribution is 2.30. The predicted molar refractivity (Wildman–Crippen MR) is 113 cm³/mol. The zero-order chi connectivity index (χ0) is 19.9. The third kappa shape index (κ3) is 4.58. The molecule has 0 saturated heterocycles. The van der Waals surface area contributed by atoms with Crippen LogP contribution in [0.15, 0.2) is 53.9 Å². The maximum Gasteiger partial charge on any atom is 0.260 e. The number of methoxy groups -OCH3 is 2. The minimum absolute atomic E-state index is 0.0372. The van der Waals surface area contributed by atoms with E-state index >= 15 is 0 Å². The van der Waals surface area contributed by atoms with Crippen LogP contribution >= 0.6 is 11.3 Å². The third-order valence-corrected chi connectivity index (χ3v) is 5.32. The molecule has 6 heteroatoms. The molecule has 3 rings (SSSR count). The second kappa shape index (κ2) is 9.48.